The molecule has 1 aliphatic rings. The Morgan fingerprint density at radius 2 is 1.56 bits per heavy atom. The van der Waals surface area contributed by atoms with Crippen LogP contribution in [0.2, 0.25) is 0 Å². The molecule has 4 nitrogen and oxygen atoms in total. The molecule has 0 bridgehead atoms. The van der Waals surface area contributed by atoms with Crippen LogP contribution in [0.5, 0.6) is 0 Å². The highest BCUT2D eigenvalue weighted by Crippen LogP contribution is 2.29. The van der Waals surface area contributed by atoms with Crippen LogP contribution in [0.4, 0.5) is 0 Å². The summed E-state index contributed by atoms with van der Waals surface area (Å²) in [4.78, 5) is 18.8. The zero-order valence-corrected chi connectivity index (χ0v) is 19.3. The average Bonchev–Trinajstić information content (AvgIpc) is 2.91. The SMILES string of the molecule is O=C(NCc1ccccc1)c1cccc(C2CCN(OCc3ccc4ccccc4c3)CC2)c1. The monoisotopic (exact) mass is 450 g/mol. The molecular formula is C30H30N2O2. The summed E-state index contributed by atoms with van der Waals surface area (Å²) < 4.78 is 0. The molecule has 0 atom stereocenters. The minimum atomic E-state index is -0.0261. The van der Waals surface area contributed by atoms with Crippen LogP contribution in [0.1, 0.15) is 45.8 Å². The fraction of sp³-hybridized carbons (Fsp3) is 0.233. The van der Waals surface area contributed by atoms with Crippen molar-refractivity contribution in [3.8, 4) is 0 Å². The van der Waals surface area contributed by atoms with Crippen LogP contribution in [-0.4, -0.2) is 24.1 Å². The topological polar surface area (TPSA) is 41.6 Å². The predicted molar refractivity (Wildman–Crippen MR) is 136 cm³/mol. The summed E-state index contributed by atoms with van der Waals surface area (Å²) in [6.07, 6.45) is 2.04. The third-order valence-corrected chi connectivity index (χ3v) is 6.60. The van der Waals surface area contributed by atoms with Gasteiger partial charge < -0.3 is 5.32 Å². The van der Waals surface area contributed by atoms with Crippen LogP contribution in [-0.2, 0) is 18.0 Å². The molecule has 1 aliphatic heterocycles. The highest BCUT2D eigenvalue weighted by atomic mass is 16.7. The second kappa shape index (κ2) is 10.6. The number of fused-ring (bicyclic) bond motifs is 1. The van der Waals surface area contributed by atoms with Gasteiger partial charge in [-0.05, 0) is 64.4 Å². The van der Waals surface area contributed by atoms with Gasteiger partial charge in [0.2, 0.25) is 0 Å². The van der Waals surface area contributed by atoms with Gasteiger partial charge in [0.05, 0.1) is 6.61 Å². The molecule has 0 spiro atoms. The normalized spacial score (nSPS) is 14.8. The number of carbonyl (C=O) groups is 1. The highest BCUT2D eigenvalue weighted by molar-refractivity contribution is 5.94. The summed E-state index contributed by atoms with van der Waals surface area (Å²) in [7, 11) is 0. The van der Waals surface area contributed by atoms with Gasteiger partial charge in [-0.3, -0.25) is 9.63 Å². The van der Waals surface area contributed by atoms with E-state index in [1.165, 1.54) is 21.9 Å². The minimum Gasteiger partial charge on any atom is -0.348 e. The van der Waals surface area contributed by atoms with E-state index in [9.17, 15) is 4.79 Å². The van der Waals surface area contributed by atoms with Gasteiger partial charge in [-0.1, -0.05) is 78.9 Å². The second-order valence-electron chi connectivity index (χ2n) is 8.95. The van der Waals surface area contributed by atoms with E-state index in [4.69, 9.17) is 4.84 Å². The molecule has 1 heterocycles. The number of hydrogen-bond donors (Lipinski definition) is 1. The zero-order valence-electron chi connectivity index (χ0n) is 19.3. The molecule has 4 aromatic carbocycles. The predicted octanol–water partition coefficient (Wildman–Crippen LogP) is 6.08. The quantitative estimate of drug-likeness (QED) is 0.371. The molecule has 34 heavy (non-hydrogen) atoms. The number of hydrogen-bond acceptors (Lipinski definition) is 3. The molecule has 0 aliphatic carbocycles. The summed E-state index contributed by atoms with van der Waals surface area (Å²) >= 11 is 0. The number of hydroxylamine groups is 2. The molecular weight excluding hydrogens is 420 g/mol. The van der Waals surface area contributed by atoms with Gasteiger partial charge in [0, 0.05) is 25.2 Å². The van der Waals surface area contributed by atoms with Gasteiger partial charge in [-0.2, -0.15) is 5.06 Å². The lowest BCUT2D eigenvalue weighted by Gasteiger charge is -2.31. The molecule has 1 N–H and O–H groups in total. The molecule has 1 fully saturated rings. The lowest BCUT2D eigenvalue weighted by Crippen LogP contribution is -2.33. The number of carbonyl (C=O) groups excluding carboxylic acids is 1. The van der Waals surface area contributed by atoms with Crippen LogP contribution in [0, 0.1) is 0 Å². The Morgan fingerprint density at radius 1 is 0.794 bits per heavy atom. The molecule has 0 unspecified atom stereocenters. The Labute approximate surface area is 201 Å². The third kappa shape index (κ3) is 5.53. The summed E-state index contributed by atoms with van der Waals surface area (Å²) in [6.45, 7) is 2.91. The molecule has 4 heteroatoms. The van der Waals surface area contributed by atoms with Crippen molar-refractivity contribution in [3.05, 3.63) is 119 Å². The van der Waals surface area contributed by atoms with Gasteiger partial charge in [0.1, 0.15) is 0 Å². The van der Waals surface area contributed by atoms with E-state index in [1.54, 1.807) is 0 Å². The number of benzene rings is 4. The largest absolute Gasteiger partial charge is 0.348 e. The van der Waals surface area contributed by atoms with Crippen molar-refractivity contribution in [1.82, 2.24) is 10.4 Å². The molecule has 0 aromatic heterocycles. The zero-order chi connectivity index (χ0) is 23.2. The molecule has 1 amide bonds. The van der Waals surface area contributed by atoms with Crippen LogP contribution in [0.15, 0.2) is 97.1 Å². The Morgan fingerprint density at radius 3 is 2.38 bits per heavy atom. The smallest absolute Gasteiger partial charge is 0.251 e. The van der Waals surface area contributed by atoms with E-state index < -0.39 is 0 Å². The van der Waals surface area contributed by atoms with Gasteiger partial charge in [0.25, 0.3) is 5.91 Å². The van der Waals surface area contributed by atoms with Gasteiger partial charge in [-0.15, -0.1) is 0 Å². The van der Waals surface area contributed by atoms with Crippen LogP contribution >= 0.6 is 0 Å². The first-order chi connectivity index (χ1) is 16.7. The maximum absolute atomic E-state index is 12.7. The number of nitrogens with zero attached hydrogens (tertiary/aromatic N) is 1. The van der Waals surface area contributed by atoms with Crippen molar-refractivity contribution >= 4 is 16.7 Å². The average molecular weight is 451 g/mol. The van der Waals surface area contributed by atoms with Crippen molar-refractivity contribution in [1.29, 1.82) is 0 Å². The maximum Gasteiger partial charge on any atom is 0.251 e. The minimum absolute atomic E-state index is 0.0261. The molecule has 4 aromatic rings. The number of amides is 1. The first-order valence-electron chi connectivity index (χ1n) is 12.0. The van der Waals surface area contributed by atoms with Gasteiger partial charge in [-0.25, -0.2) is 0 Å². The van der Waals surface area contributed by atoms with Gasteiger partial charge in [0.15, 0.2) is 0 Å². The number of piperidine rings is 1. The molecule has 0 radical (unpaired) electrons. The van der Waals surface area contributed by atoms with E-state index in [2.05, 4.69) is 65.0 Å². The summed E-state index contributed by atoms with van der Waals surface area (Å²) in [5.74, 6) is 0.421. The third-order valence-electron chi connectivity index (χ3n) is 6.60. The molecule has 5 rings (SSSR count). The van der Waals surface area contributed by atoms with E-state index >= 15 is 0 Å². The van der Waals surface area contributed by atoms with E-state index in [1.807, 2.05) is 42.5 Å². The second-order valence-corrected chi connectivity index (χ2v) is 8.95. The Balaban J connectivity index is 1.12. The lowest BCUT2D eigenvalue weighted by atomic mass is 9.89. The van der Waals surface area contributed by atoms with Crippen LogP contribution in [0.3, 0.4) is 0 Å². The maximum atomic E-state index is 12.7. The van der Waals surface area contributed by atoms with E-state index in [-0.39, 0.29) is 5.91 Å². The summed E-state index contributed by atoms with van der Waals surface area (Å²) in [5.41, 5.74) is 4.25. The summed E-state index contributed by atoms with van der Waals surface area (Å²) in [6, 6.07) is 33.0. The van der Waals surface area contributed by atoms with Crippen molar-refractivity contribution < 1.29 is 9.63 Å². The fourth-order valence-electron chi connectivity index (χ4n) is 4.63. The van der Waals surface area contributed by atoms with Gasteiger partial charge >= 0.3 is 0 Å². The number of nitrogens with one attached hydrogen (secondary N) is 1. The number of rotatable bonds is 7. The molecule has 0 saturated carbocycles. The van der Waals surface area contributed by atoms with Crippen molar-refractivity contribution in [2.75, 3.05) is 13.1 Å². The highest BCUT2D eigenvalue weighted by Gasteiger charge is 2.22. The van der Waals surface area contributed by atoms with Crippen LogP contribution < -0.4 is 5.32 Å². The Kier molecular flexibility index (Phi) is 6.99. The van der Waals surface area contributed by atoms with Crippen LogP contribution in [0.25, 0.3) is 10.8 Å². The fourth-order valence-corrected chi connectivity index (χ4v) is 4.63. The van der Waals surface area contributed by atoms with Crippen molar-refractivity contribution in [2.24, 2.45) is 0 Å². The van der Waals surface area contributed by atoms with Crippen molar-refractivity contribution in [3.63, 3.8) is 0 Å². The van der Waals surface area contributed by atoms with Crippen molar-refractivity contribution in [2.45, 2.75) is 31.9 Å². The first-order valence-corrected chi connectivity index (χ1v) is 12.0. The van der Waals surface area contributed by atoms with E-state index in [0.717, 1.165) is 37.1 Å². The summed E-state index contributed by atoms with van der Waals surface area (Å²) in [5, 5.41) is 7.61. The molecule has 1 saturated heterocycles. The molecule has 172 valence electrons. The van der Waals surface area contributed by atoms with E-state index in [0.29, 0.717) is 19.1 Å². The Bertz CT molecular complexity index is 1250. The lowest BCUT2D eigenvalue weighted by molar-refractivity contribution is -0.180. The Hall–Kier alpha value is -3.47. The standard InChI is InChI=1S/C30H30N2O2/c33-30(31-21-23-7-2-1-3-8-23)29-12-6-11-28(20-29)26-15-17-32(18-16-26)34-22-24-13-14-25-9-4-5-10-27(25)19-24/h1-14,19-20,26H,15-18,21-22H2,(H,31,33). The first kappa shape index (κ1) is 22.3.